The normalized spacial score (nSPS) is 17.2. The zero-order chi connectivity index (χ0) is 16.2. The van der Waals surface area contributed by atoms with Gasteiger partial charge in [0.2, 0.25) is 5.89 Å². The molecule has 1 aromatic heterocycles. The number of hydrogen-bond acceptors (Lipinski definition) is 4. The number of carbonyl (C=O) groups excluding carboxylic acids is 1. The predicted molar refractivity (Wildman–Crippen MR) is 81.5 cm³/mol. The zero-order valence-corrected chi connectivity index (χ0v) is 12.4. The Morgan fingerprint density at radius 2 is 2.13 bits per heavy atom. The molecule has 7 heteroatoms. The van der Waals surface area contributed by atoms with E-state index in [1.807, 2.05) is 30.3 Å². The Hall–Kier alpha value is -2.83. The predicted octanol–water partition coefficient (Wildman–Crippen LogP) is 1.96. The Morgan fingerprint density at radius 3 is 2.83 bits per heavy atom. The molecule has 0 spiro atoms. The van der Waals surface area contributed by atoms with Crippen LogP contribution in [0.3, 0.4) is 0 Å². The van der Waals surface area contributed by atoms with E-state index < -0.39 is 11.9 Å². The first-order chi connectivity index (χ1) is 11.1. The topological polar surface area (TPSA) is 95.7 Å². The number of likely N-dealkylation sites (tertiary alicyclic amines) is 1. The highest BCUT2D eigenvalue weighted by molar-refractivity contribution is 5.77. The number of nitrogens with one attached hydrogen (secondary N) is 1. The van der Waals surface area contributed by atoms with Gasteiger partial charge in [-0.2, -0.15) is 0 Å². The molecular formula is C16H17N3O4. The van der Waals surface area contributed by atoms with E-state index in [0.29, 0.717) is 24.6 Å². The van der Waals surface area contributed by atoms with Crippen LogP contribution in [0.25, 0.3) is 11.5 Å². The molecule has 3 rings (SSSR count). The van der Waals surface area contributed by atoms with E-state index in [9.17, 15) is 9.59 Å². The Kier molecular flexibility index (Phi) is 4.27. The van der Waals surface area contributed by atoms with Crippen molar-refractivity contribution in [2.24, 2.45) is 5.92 Å². The minimum absolute atomic E-state index is 0.239. The molecule has 1 aromatic carbocycles. The maximum atomic E-state index is 12.0. The summed E-state index contributed by atoms with van der Waals surface area (Å²) in [6.07, 6.45) is 2.00. The lowest BCUT2D eigenvalue weighted by atomic mass is 10.1. The van der Waals surface area contributed by atoms with Gasteiger partial charge in [-0.05, 0) is 18.6 Å². The molecule has 1 unspecified atom stereocenters. The second kappa shape index (κ2) is 6.51. The summed E-state index contributed by atoms with van der Waals surface area (Å²) in [6, 6.07) is 9.21. The average molecular weight is 315 g/mol. The van der Waals surface area contributed by atoms with Gasteiger partial charge < -0.3 is 19.7 Å². The summed E-state index contributed by atoms with van der Waals surface area (Å²) in [7, 11) is 0. The van der Waals surface area contributed by atoms with E-state index in [1.165, 1.54) is 11.2 Å². The minimum atomic E-state index is -0.857. The molecule has 120 valence electrons. The third-order valence-corrected chi connectivity index (χ3v) is 3.82. The van der Waals surface area contributed by atoms with Crippen LogP contribution >= 0.6 is 0 Å². The second-order valence-corrected chi connectivity index (χ2v) is 5.44. The average Bonchev–Trinajstić information content (AvgIpc) is 3.23. The largest absolute Gasteiger partial charge is 0.481 e. The van der Waals surface area contributed by atoms with Crippen molar-refractivity contribution in [1.82, 2.24) is 15.2 Å². The van der Waals surface area contributed by atoms with Gasteiger partial charge in [0.05, 0.1) is 18.2 Å². The number of carboxylic acids is 1. The highest BCUT2D eigenvalue weighted by Gasteiger charge is 2.30. The molecule has 0 radical (unpaired) electrons. The third-order valence-electron chi connectivity index (χ3n) is 3.82. The number of rotatable bonds is 4. The molecular weight excluding hydrogens is 298 g/mol. The number of benzene rings is 1. The SMILES string of the molecule is O=C(O)C1CCN(C(=O)NCc2coc(-c3ccccc3)n2)C1. The number of hydrogen-bond donors (Lipinski definition) is 2. The van der Waals surface area contributed by atoms with Crippen molar-refractivity contribution in [2.75, 3.05) is 13.1 Å². The van der Waals surface area contributed by atoms with E-state index >= 15 is 0 Å². The van der Waals surface area contributed by atoms with E-state index in [-0.39, 0.29) is 19.1 Å². The highest BCUT2D eigenvalue weighted by Crippen LogP contribution is 2.18. The summed E-state index contributed by atoms with van der Waals surface area (Å²) < 4.78 is 5.40. The highest BCUT2D eigenvalue weighted by atomic mass is 16.4. The molecule has 7 nitrogen and oxygen atoms in total. The van der Waals surface area contributed by atoms with Gasteiger partial charge in [-0.3, -0.25) is 4.79 Å². The lowest BCUT2D eigenvalue weighted by molar-refractivity contribution is -0.141. The zero-order valence-electron chi connectivity index (χ0n) is 12.4. The van der Waals surface area contributed by atoms with Crippen LogP contribution in [0.4, 0.5) is 4.79 Å². The van der Waals surface area contributed by atoms with Crippen LogP contribution in [0.1, 0.15) is 12.1 Å². The Labute approximate surface area is 132 Å². The fraction of sp³-hybridized carbons (Fsp3) is 0.312. The van der Waals surface area contributed by atoms with Gasteiger partial charge >= 0.3 is 12.0 Å². The Bertz CT molecular complexity index is 698. The van der Waals surface area contributed by atoms with Gasteiger partial charge in [0, 0.05) is 18.7 Å². The molecule has 2 heterocycles. The Morgan fingerprint density at radius 1 is 1.35 bits per heavy atom. The number of carboxylic acid groups (broad SMARTS) is 1. The fourth-order valence-electron chi connectivity index (χ4n) is 2.53. The van der Waals surface area contributed by atoms with Gasteiger partial charge in [0.15, 0.2) is 0 Å². The molecule has 2 aromatic rings. The number of oxazole rings is 1. The molecule has 1 aliphatic rings. The van der Waals surface area contributed by atoms with Crippen molar-refractivity contribution in [1.29, 1.82) is 0 Å². The van der Waals surface area contributed by atoms with Crippen LogP contribution in [0, 0.1) is 5.92 Å². The van der Waals surface area contributed by atoms with Crippen molar-refractivity contribution in [3.05, 3.63) is 42.3 Å². The van der Waals surface area contributed by atoms with Gasteiger partial charge in [-0.1, -0.05) is 18.2 Å². The lowest BCUT2D eigenvalue weighted by Gasteiger charge is -2.15. The molecule has 2 N–H and O–H groups in total. The third kappa shape index (κ3) is 3.50. The molecule has 1 aliphatic heterocycles. The molecule has 1 saturated heterocycles. The van der Waals surface area contributed by atoms with E-state index in [1.54, 1.807) is 0 Å². The smallest absolute Gasteiger partial charge is 0.317 e. The van der Waals surface area contributed by atoms with Gasteiger partial charge in [0.25, 0.3) is 0 Å². The summed E-state index contributed by atoms with van der Waals surface area (Å²) >= 11 is 0. The summed E-state index contributed by atoms with van der Waals surface area (Å²) in [5, 5.41) is 11.7. The van der Waals surface area contributed by atoms with Crippen LogP contribution in [0.15, 0.2) is 41.0 Å². The lowest BCUT2D eigenvalue weighted by Crippen LogP contribution is -2.38. The first-order valence-corrected chi connectivity index (χ1v) is 7.39. The summed E-state index contributed by atoms with van der Waals surface area (Å²) in [4.78, 5) is 28.8. The number of amides is 2. The standard InChI is InChI=1S/C16H17N3O4/c20-15(21)12-6-7-19(9-12)16(22)17-8-13-10-23-14(18-13)11-4-2-1-3-5-11/h1-5,10,12H,6-9H2,(H,17,22)(H,20,21). The van der Waals surface area contributed by atoms with Gasteiger partial charge in [0.1, 0.15) is 6.26 Å². The second-order valence-electron chi connectivity index (χ2n) is 5.44. The Balaban J connectivity index is 1.54. The van der Waals surface area contributed by atoms with Crippen molar-refractivity contribution in [3.8, 4) is 11.5 Å². The number of aliphatic carboxylic acids is 1. The van der Waals surface area contributed by atoms with Gasteiger partial charge in [-0.25, -0.2) is 9.78 Å². The molecule has 0 saturated carbocycles. The van der Waals surface area contributed by atoms with Crippen molar-refractivity contribution in [3.63, 3.8) is 0 Å². The molecule has 1 fully saturated rings. The molecule has 23 heavy (non-hydrogen) atoms. The van der Waals surface area contributed by atoms with E-state index in [2.05, 4.69) is 10.3 Å². The fourth-order valence-corrected chi connectivity index (χ4v) is 2.53. The first kappa shape index (κ1) is 15.1. The van der Waals surface area contributed by atoms with Gasteiger partial charge in [-0.15, -0.1) is 0 Å². The van der Waals surface area contributed by atoms with Crippen LogP contribution in [-0.4, -0.2) is 40.1 Å². The van der Waals surface area contributed by atoms with Crippen LogP contribution in [0.2, 0.25) is 0 Å². The quantitative estimate of drug-likeness (QED) is 0.899. The summed E-state index contributed by atoms with van der Waals surface area (Å²) in [5.74, 6) is -0.830. The summed E-state index contributed by atoms with van der Waals surface area (Å²) in [5.41, 5.74) is 1.49. The van der Waals surface area contributed by atoms with Crippen LogP contribution in [0.5, 0.6) is 0 Å². The number of nitrogens with zero attached hydrogens (tertiary/aromatic N) is 2. The van der Waals surface area contributed by atoms with Crippen molar-refractivity contribution < 1.29 is 19.1 Å². The van der Waals surface area contributed by atoms with Crippen LogP contribution in [-0.2, 0) is 11.3 Å². The monoisotopic (exact) mass is 315 g/mol. The van der Waals surface area contributed by atoms with E-state index in [4.69, 9.17) is 9.52 Å². The first-order valence-electron chi connectivity index (χ1n) is 7.39. The number of carbonyl (C=O) groups is 2. The molecule has 1 atom stereocenters. The van der Waals surface area contributed by atoms with Crippen LogP contribution < -0.4 is 5.32 Å². The maximum absolute atomic E-state index is 12.0. The summed E-state index contributed by atoms with van der Waals surface area (Å²) in [6.45, 7) is 0.940. The maximum Gasteiger partial charge on any atom is 0.317 e. The molecule has 2 amide bonds. The number of aromatic nitrogens is 1. The van der Waals surface area contributed by atoms with E-state index in [0.717, 1.165) is 5.56 Å². The minimum Gasteiger partial charge on any atom is -0.481 e. The molecule has 0 bridgehead atoms. The van der Waals surface area contributed by atoms with Crippen molar-refractivity contribution in [2.45, 2.75) is 13.0 Å². The van der Waals surface area contributed by atoms with Crippen molar-refractivity contribution >= 4 is 12.0 Å². The molecule has 0 aliphatic carbocycles. The number of urea groups is 1.